The molecular weight excluding hydrogens is 242 g/mol. The van der Waals surface area contributed by atoms with E-state index in [1.807, 2.05) is 6.92 Å². The van der Waals surface area contributed by atoms with Gasteiger partial charge in [-0.15, -0.1) is 0 Å². The molecule has 4 nitrogen and oxygen atoms in total. The number of imide groups is 1. The van der Waals surface area contributed by atoms with E-state index in [0.717, 1.165) is 11.1 Å². The van der Waals surface area contributed by atoms with Crippen molar-refractivity contribution in [2.45, 2.75) is 20.3 Å². The third kappa shape index (κ3) is 2.51. The minimum absolute atomic E-state index is 0.154. The summed E-state index contributed by atoms with van der Waals surface area (Å²) in [7, 11) is 0. The lowest BCUT2D eigenvalue weighted by Gasteiger charge is -2.15. The SMILES string of the molecule is Cc1cc(N2C(=O)CC(C)C2=O)ccc1C#CCO. The van der Waals surface area contributed by atoms with E-state index < -0.39 is 0 Å². The molecule has 1 heterocycles. The van der Waals surface area contributed by atoms with Crippen molar-refractivity contribution in [3.05, 3.63) is 29.3 Å². The van der Waals surface area contributed by atoms with Crippen LogP contribution in [0.2, 0.25) is 0 Å². The van der Waals surface area contributed by atoms with Crippen LogP contribution in [0.4, 0.5) is 5.69 Å². The van der Waals surface area contributed by atoms with Crippen LogP contribution < -0.4 is 4.90 Å². The minimum Gasteiger partial charge on any atom is -0.384 e. The molecule has 2 amide bonds. The van der Waals surface area contributed by atoms with Gasteiger partial charge in [-0.1, -0.05) is 18.8 Å². The number of carbonyl (C=O) groups is 2. The molecule has 0 aliphatic carbocycles. The monoisotopic (exact) mass is 257 g/mol. The van der Waals surface area contributed by atoms with Crippen LogP contribution in [0.1, 0.15) is 24.5 Å². The van der Waals surface area contributed by atoms with E-state index >= 15 is 0 Å². The van der Waals surface area contributed by atoms with Crippen LogP contribution in [0.3, 0.4) is 0 Å². The van der Waals surface area contributed by atoms with Crippen molar-refractivity contribution in [3.63, 3.8) is 0 Å². The summed E-state index contributed by atoms with van der Waals surface area (Å²) in [6, 6.07) is 5.24. The maximum Gasteiger partial charge on any atom is 0.237 e. The number of aliphatic hydroxyl groups is 1. The Hall–Kier alpha value is -2.12. The van der Waals surface area contributed by atoms with Crippen LogP contribution in [-0.4, -0.2) is 23.5 Å². The van der Waals surface area contributed by atoms with E-state index in [-0.39, 0.29) is 30.8 Å². The molecule has 1 N–H and O–H groups in total. The number of rotatable bonds is 1. The smallest absolute Gasteiger partial charge is 0.237 e. The Morgan fingerprint density at radius 3 is 2.68 bits per heavy atom. The first-order valence-electron chi connectivity index (χ1n) is 6.11. The van der Waals surface area contributed by atoms with E-state index in [4.69, 9.17) is 5.11 Å². The van der Waals surface area contributed by atoms with Crippen molar-refractivity contribution in [3.8, 4) is 11.8 Å². The summed E-state index contributed by atoms with van der Waals surface area (Å²) in [4.78, 5) is 25.0. The molecule has 98 valence electrons. The standard InChI is InChI=1S/C15H15NO3/c1-10-8-13(6-5-12(10)4-3-7-17)16-14(18)9-11(2)15(16)19/h5-6,8,11,17H,7,9H2,1-2H3. The Kier molecular flexibility index (Phi) is 3.68. The van der Waals surface area contributed by atoms with Gasteiger partial charge in [-0.2, -0.15) is 0 Å². The van der Waals surface area contributed by atoms with E-state index in [2.05, 4.69) is 11.8 Å². The highest BCUT2D eigenvalue weighted by atomic mass is 16.2. The second kappa shape index (κ2) is 5.25. The van der Waals surface area contributed by atoms with Crippen LogP contribution in [0.5, 0.6) is 0 Å². The number of nitrogens with zero attached hydrogens (tertiary/aromatic N) is 1. The van der Waals surface area contributed by atoms with Gasteiger partial charge in [0, 0.05) is 17.9 Å². The molecule has 1 aliphatic heterocycles. The first kappa shape index (κ1) is 13.3. The van der Waals surface area contributed by atoms with Gasteiger partial charge in [0.05, 0.1) is 5.69 Å². The molecule has 1 aromatic rings. The molecule has 0 aromatic heterocycles. The average molecular weight is 257 g/mol. The Balaban J connectivity index is 2.35. The minimum atomic E-state index is -0.248. The zero-order valence-electron chi connectivity index (χ0n) is 10.9. The average Bonchev–Trinajstić information content (AvgIpc) is 2.62. The maximum atomic E-state index is 11.9. The zero-order chi connectivity index (χ0) is 14.0. The summed E-state index contributed by atoms with van der Waals surface area (Å²) in [5.74, 6) is 4.84. The van der Waals surface area contributed by atoms with Crippen molar-refractivity contribution in [1.29, 1.82) is 0 Å². The van der Waals surface area contributed by atoms with Crippen molar-refractivity contribution >= 4 is 17.5 Å². The molecule has 4 heteroatoms. The molecular formula is C15H15NO3. The second-order valence-corrected chi connectivity index (χ2v) is 4.63. The van der Waals surface area contributed by atoms with Gasteiger partial charge >= 0.3 is 0 Å². The Morgan fingerprint density at radius 1 is 1.42 bits per heavy atom. The fourth-order valence-electron chi connectivity index (χ4n) is 2.12. The fraction of sp³-hybridized carbons (Fsp3) is 0.333. The highest BCUT2D eigenvalue weighted by Crippen LogP contribution is 2.27. The second-order valence-electron chi connectivity index (χ2n) is 4.63. The predicted octanol–water partition coefficient (Wildman–Crippen LogP) is 1.24. The molecule has 0 bridgehead atoms. The number of aliphatic hydroxyl groups excluding tert-OH is 1. The summed E-state index contributed by atoms with van der Waals surface area (Å²) in [5, 5.41) is 8.67. The van der Waals surface area contributed by atoms with Crippen LogP contribution in [0, 0.1) is 24.7 Å². The van der Waals surface area contributed by atoms with Gasteiger partial charge in [0.2, 0.25) is 11.8 Å². The van der Waals surface area contributed by atoms with Crippen molar-refractivity contribution in [1.82, 2.24) is 0 Å². The third-order valence-electron chi connectivity index (χ3n) is 3.14. The zero-order valence-corrected chi connectivity index (χ0v) is 10.9. The Morgan fingerprint density at radius 2 is 2.16 bits per heavy atom. The number of aryl methyl sites for hydroxylation is 1. The molecule has 1 aromatic carbocycles. The largest absolute Gasteiger partial charge is 0.384 e. The van der Waals surface area contributed by atoms with Gasteiger partial charge in [-0.25, -0.2) is 0 Å². The molecule has 1 aliphatic rings. The summed E-state index contributed by atoms with van der Waals surface area (Å²) in [6.45, 7) is 3.43. The van der Waals surface area contributed by atoms with Gasteiger partial charge in [0.1, 0.15) is 6.61 Å². The quantitative estimate of drug-likeness (QED) is 0.608. The molecule has 2 rings (SSSR count). The molecule has 0 saturated carbocycles. The van der Waals surface area contributed by atoms with Crippen molar-refractivity contribution in [2.24, 2.45) is 5.92 Å². The highest BCUT2D eigenvalue weighted by molar-refractivity contribution is 6.20. The highest BCUT2D eigenvalue weighted by Gasteiger charge is 2.36. The molecule has 1 fully saturated rings. The van der Waals surface area contributed by atoms with Crippen LogP contribution in [0.15, 0.2) is 18.2 Å². The first-order chi connectivity index (χ1) is 9.04. The normalized spacial score (nSPS) is 18.5. The van der Waals surface area contributed by atoms with Gasteiger partial charge < -0.3 is 5.11 Å². The lowest BCUT2D eigenvalue weighted by molar-refractivity contribution is -0.122. The summed E-state index contributed by atoms with van der Waals surface area (Å²) >= 11 is 0. The molecule has 1 atom stereocenters. The number of benzene rings is 1. The number of carbonyl (C=O) groups excluding carboxylic acids is 2. The summed E-state index contributed by atoms with van der Waals surface area (Å²) in [5.41, 5.74) is 2.25. The predicted molar refractivity (Wildman–Crippen MR) is 71.4 cm³/mol. The number of hydrogen-bond acceptors (Lipinski definition) is 3. The topological polar surface area (TPSA) is 57.6 Å². The molecule has 0 radical (unpaired) electrons. The van der Waals surface area contributed by atoms with Gasteiger partial charge in [0.15, 0.2) is 0 Å². The fourth-order valence-corrected chi connectivity index (χ4v) is 2.12. The van der Waals surface area contributed by atoms with E-state index in [1.165, 1.54) is 4.90 Å². The number of hydrogen-bond donors (Lipinski definition) is 1. The van der Waals surface area contributed by atoms with E-state index in [1.54, 1.807) is 25.1 Å². The van der Waals surface area contributed by atoms with Crippen molar-refractivity contribution < 1.29 is 14.7 Å². The van der Waals surface area contributed by atoms with Crippen LogP contribution >= 0.6 is 0 Å². The lowest BCUT2D eigenvalue weighted by Crippen LogP contribution is -2.30. The molecule has 1 unspecified atom stereocenters. The molecule has 1 saturated heterocycles. The number of anilines is 1. The van der Waals surface area contributed by atoms with E-state index in [0.29, 0.717) is 5.69 Å². The first-order valence-corrected chi connectivity index (χ1v) is 6.11. The maximum absolute atomic E-state index is 11.9. The molecule has 0 spiro atoms. The van der Waals surface area contributed by atoms with Crippen molar-refractivity contribution in [2.75, 3.05) is 11.5 Å². The lowest BCUT2D eigenvalue weighted by atomic mass is 10.1. The Labute approximate surface area is 112 Å². The Bertz CT molecular complexity index is 595. The summed E-state index contributed by atoms with van der Waals surface area (Å²) in [6.07, 6.45) is 0.268. The summed E-state index contributed by atoms with van der Waals surface area (Å²) < 4.78 is 0. The van der Waals surface area contributed by atoms with E-state index in [9.17, 15) is 9.59 Å². The van der Waals surface area contributed by atoms with Gasteiger partial charge in [-0.3, -0.25) is 14.5 Å². The van der Waals surface area contributed by atoms with Gasteiger partial charge in [0.25, 0.3) is 0 Å². The van der Waals surface area contributed by atoms with Crippen LogP contribution in [-0.2, 0) is 9.59 Å². The van der Waals surface area contributed by atoms with Crippen LogP contribution in [0.25, 0.3) is 0 Å². The number of amides is 2. The molecule has 19 heavy (non-hydrogen) atoms. The van der Waals surface area contributed by atoms with Gasteiger partial charge in [-0.05, 0) is 30.7 Å². The third-order valence-corrected chi connectivity index (χ3v) is 3.14.